The molecule has 0 saturated heterocycles. The fourth-order valence-corrected chi connectivity index (χ4v) is 20.4. The maximum Gasteiger partial charge on any atom is 1.00 e. The Morgan fingerprint density at radius 3 is 1.35 bits per heavy atom. The summed E-state index contributed by atoms with van der Waals surface area (Å²) in [5, 5.41) is 65.8. The van der Waals surface area contributed by atoms with Crippen LogP contribution in [0.3, 0.4) is 0 Å². The number of ether oxygens (including phenoxy) is 4. The van der Waals surface area contributed by atoms with Gasteiger partial charge in [0, 0.05) is 158 Å². The molecule has 2 aliphatic rings. The molecule has 2 aliphatic heterocycles. The van der Waals surface area contributed by atoms with E-state index in [2.05, 4.69) is 83.9 Å². The van der Waals surface area contributed by atoms with Crippen LogP contribution in [0.2, 0.25) is 0 Å². The van der Waals surface area contributed by atoms with E-state index in [1.807, 2.05) is 27.7 Å². The molecule has 0 radical (unpaired) electrons. The number of hydrogen-bond acceptors (Lipinski definition) is 35. The Bertz CT molecular complexity index is 7330. The first-order valence-electron chi connectivity index (χ1n) is 42.9. The number of nitrogen functional groups attached to an aromatic ring is 4. The minimum Gasteiger partial charge on any atom is -0.870 e. The van der Waals surface area contributed by atoms with Gasteiger partial charge in [-0.1, -0.05) is 72.4 Å². The molecule has 0 aliphatic carbocycles. The van der Waals surface area contributed by atoms with Crippen molar-refractivity contribution in [3.8, 4) is 91.8 Å². The molecule has 48 heteroatoms. The van der Waals surface area contributed by atoms with Crippen LogP contribution in [0.4, 0.5) is 40.8 Å². The zero-order valence-electron chi connectivity index (χ0n) is 81.3. The van der Waals surface area contributed by atoms with Crippen LogP contribution in [0.25, 0.3) is 44.5 Å². The van der Waals surface area contributed by atoms with Gasteiger partial charge in [0.1, 0.15) is 99.6 Å². The predicted octanol–water partition coefficient (Wildman–Crippen LogP) is 13.5. The number of thioether (sulfide) groups is 3. The Morgan fingerprint density at radius 1 is 0.576 bits per heavy atom. The molecular formula is C96H102ClF4KN22O14S6. The van der Waals surface area contributed by atoms with E-state index in [4.69, 9.17) is 47.8 Å². The topological polar surface area (TPSA) is 576 Å². The maximum absolute atomic E-state index is 14.1. The normalized spacial score (nSPS) is 14.2. The SMILES string of the molecule is CC(=O)SCc1nn(C)c(C#N)c1-c1cnc(N)c(O[C@H](C)c2cc(F)ccc2CO)c1.CCc1ccc(F)cc1[C@@H](C)Oc1cc(-c2c(CSC(C)=O)nn(C)c2C#N)cnc1N.CN=S1(=O)Cc2ccc(F)cc2[C@@H](C)Oc2cc(cnc2N)-c2c(nn(C)c2C#N)C1.CS(=O)(=O)Cl.C[C@H]1Oc2cc(cnc2N)-c2c(nn(C)c2C#N)CSCc2ccc(F)cc21.Cc1cc(C)c(S(=O)(=O)ON)c(C)c1.[K+].[OH-]. The van der Waals surface area contributed by atoms with Gasteiger partial charge in [0.15, 0.2) is 56.5 Å². The maximum atomic E-state index is 14.1. The van der Waals surface area contributed by atoms with E-state index in [9.17, 15) is 74.3 Å². The molecule has 8 aromatic heterocycles. The number of fused-ring (bicyclic) bond motifs is 10. The fourth-order valence-electron chi connectivity index (χ4n) is 15.6. The number of carbonyl (C=O) groups is 2. The number of pyridine rings is 4. The van der Waals surface area contributed by atoms with E-state index >= 15 is 0 Å². The molecule has 15 rings (SSSR count). The molecule has 10 heterocycles. The summed E-state index contributed by atoms with van der Waals surface area (Å²) in [5.74, 6) is 7.17. The zero-order chi connectivity index (χ0) is 104. The van der Waals surface area contributed by atoms with Crippen molar-refractivity contribution in [1.29, 1.82) is 21.0 Å². The Morgan fingerprint density at radius 2 is 0.944 bits per heavy atom. The monoisotopic (exact) mass is 2130 g/mol. The Kier molecular flexibility index (Phi) is 41.7. The predicted molar refractivity (Wildman–Crippen MR) is 538 cm³/mol. The third kappa shape index (κ3) is 29.5. The van der Waals surface area contributed by atoms with Crippen molar-refractivity contribution in [1.82, 2.24) is 59.1 Å². The van der Waals surface area contributed by atoms with Gasteiger partial charge in [-0.05, 0) is 178 Å². The van der Waals surface area contributed by atoms with Crippen molar-refractivity contribution in [2.75, 3.05) is 36.2 Å². The van der Waals surface area contributed by atoms with Crippen LogP contribution in [0, 0.1) is 89.4 Å². The molecule has 0 fully saturated rings. The van der Waals surface area contributed by atoms with E-state index in [-0.39, 0.29) is 131 Å². The van der Waals surface area contributed by atoms with Gasteiger partial charge in [0.2, 0.25) is 9.05 Å². The largest absolute Gasteiger partial charge is 1.00 e. The van der Waals surface area contributed by atoms with Crippen LogP contribution in [0.15, 0.2) is 143 Å². The van der Waals surface area contributed by atoms with E-state index in [0.717, 1.165) is 80.8 Å². The number of carbonyl (C=O) groups excluding carboxylic acids is 2. The van der Waals surface area contributed by atoms with Crippen LogP contribution in [-0.4, -0.2) is 114 Å². The average molecular weight is 2130 g/mol. The summed E-state index contributed by atoms with van der Waals surface area (Å²) in [5.41, 5.74) is 40.7. The van der Waals surface area contributed by atoms with Crippen LogP contribution < -0.4 is 99.2 Å². The minimum atomic E-state index is -3.80. The minimum absolute atomic E-state index is 0. The summed E-state index contributed by atoms with van der Waals surface area (Å²) in [6, 6.07) is 36.7. The van der Waals surface area contributed by atoms with E-state index in [1.54, 1.807) is 139 Å². The summed E-state index contributed by atoms with van der Waals surface area (Å²) >= 11 is 3.85. The van der Waals surface area contributed by atoms with E-state index < -0.39 is 64.9 Å². The summed E-state index contributed by atoms with van der Waals surface area (Å²) in [7, 11) is 2.90. The Labute approximate surface area is 890 Å². The number of aliphatic hydroxyl groups excluding tert-OH is 1. The van der Waals surface area contributed by atoms with Crippen LogP contribution in [-0.2, 0) is 119 Å². The number of aryl methyl sites for hydroxylation is 8. The number of aliphatic hydroxyl groups is 1. The average Bonchev–Trinajstić information content (AvgIpc) is 1.65. The summed E-state index contributed by atoms with van der Waals surface area (Å²) in [6.07, 6.45) is 5.75. The van der Waals surface area contributed by atoms with Gasteiger partial charge < -0.3 is 52.5 Å². The van der Waals surface area contributed by atoms with E-state index in [0.29, 0.717) is 147 Å². The number of aromatic nitrogens is 12. The second-order valence-electron chi connectivity index (χ2n) is 32.2. The van der Waals surface area contributed by atoms with E-state index in [1.165, 1.54) is 102 Å². The molecule has 36 nitrogen and oxygen atoms in total. The number of anilines is 4. The second-order valence-corrected chi connectivity index (χ2v) is 42.6. The molecule has 12 N–H and O–H groups in total. The molecule has 0 amide bonds. The Balaban J connectivity index is 0.000000220. The van der Waals surface area contributed by atoms with Crippen molar-refractivity contribution in [3.05, 3.63) is 264 Å². The van der Waals surface area contributed by atoms with Gasteiger partial charge >= 0.3 is 61.5 Å². The number of nitrogens with zero attached hydrogens (tertiary/aromatic N) is 17. The number of rotatable bonds is 16. The van der Waals surface area contributed by atoms with Crippen LogP contribution >= 0.6 is 46.0 Å². The van der Waals surface area contributed by atoms with Crippen LogP contribution in [0.1, 0.15) is 180 Å². The number of halogens is 5. The molecule has 0 saturated carbocycles. The molecular weight excluding hydrogens is 2030 g/mol. The number of hydrogen-bond donors (Lipinski definition) is 6. The fraction of sp³-hybridized carbons (Fsp3) is 0.292. The standard InChI is InChI=1S/C23H24FN5O2S.C22H22FN5O3S.C21H21FN6O2S.C20H18FN5OS.C9H13NO3S.CH3ClO2S.K.H2O/c1-5-15-6-7-17(24)9-18(15)13(2)31-21-8-16(11-27-23(21)26)22-19(12-32-14(3)30)28-29(4)20(22)10-25;1-12(17-7-16(23)5-4-14(17)10-29)31-20-6-15(9-26-22(20)25)21-18(11-32-13(2)30)27-28(3)19(21)8-24;1-12-16-7-15(22)5-4-13(16)10-31(29,25-2)11-17-20(18(8-23)28(3)27-17)14-6-19(30-12)21(24)26-9-14;1-11-15-6-14(21)4-3-12(15)9-28-10-16-19(17(7-22)26(2)25-16)13-5-18(27-11)20(23)24-8-13;1-6-4-7(2)9(8(3)5-6)14(11,12)13-10;1-5(2,3)4;;/h6-9,11,13H,5,12H2,1-4H3,(H2,26,27);4-7,9,12,29H,10-11H2,1-3H3,(H2,25,26);4-7,9,12H,10-11H2,1-3H3,(H2,24,26);3-6,8,11H,9-10H2,1-2H3,(H2,23,24);4-5H,10H2,1-3H3;1H3;;1H2/q;;;;;;+1;/p-1/t13-;12-;12-,31?;11-;;;;/m1111..../s1. The van der Waals surface area contributed by atoms with Crippen molar-refractivity contribution in [3.63, 3.8) is 0 Å². The van der Waals surface area contributed by atoms with Gasteiger partial charge in [-0.25, -0.2) is 54.5 Å². The molecule has 1 unspecified atom stereocenters. The first kappa shape index (κ1) is 117. The van der Waals surface area contributed by atoms with Gasteiger partial charge in [-0.2, -0.15) is 71.8 Å². The van der Waals surface area contributed by atoms with Crippen molar-refractivity contribution in [2.24, 2.45) is 38.5 Å². The summed E-state index contributed by atoms with van der Waals surface area (Å²) in [4.78, 5) is 39.9. The smallest absolute Gasteiger partial charge is 0.870 e. The second kappa shape index (κ2) is 51.4. The third-order valence-corrected chi connectivity index (χ3v) is 28.1. The molecule has 752 valence electrons. The third-order valence-electron chi connectivity index (χ3n) is 21.9. The Hall–Kier alpha value is -12.4. The molecule has 0 spiro atoms. The quantitative estimate of drug-likeness (QED) is 0.0226. The first-order chi connectivity index (χ1) is 67.1. The summed E-state index contributed by atoms with van der Waals surface area (Å²) in [6.45, 7) is 17.1. The van der Waals surface area contributed by atoms with Gasteiger partial charge in [-0.15, -0.1) is 0 Å². The van der Waals surface area contributed by atoms with Crippen molar-refractivity contribution < 1.29 is 133 Å². The molecule has 4 bridgehead atoms. The van der Waals surface area contributed by atoms with Crippen molar-refractivity contribution in [2.45, 2.75) is 146 Å². The summed E-state index contributed by atoms with van der Waals surface area (Å²) < 4.78 is 149. The van der Waals surface area contributed by atoms with Crippen LogP contribution in [0.5, 0.6) is 23.0 Å². The number of benzene rings is 5. The number of nitrogens with two attached hydrogens (primary N) is 5. The number of nitriles is 4. The van der Waals surface area contributed by atoms with Gasteiger partial charge in [0.25, 0.3) is 0 Å². The molecule has 5 aromatic carbocycles. The van der Waals surface area contributed by atoms with Gasteiger partial charge in [0.05, 0.1) is 56.9 Å². The zero-order valence-corrected chi connectivity index (χ0v) is 90.1. The first-order valence-corrected chi connectivity index (χ1v) is 52.0. The van der Waals surface area contributed by atoms with Gasteiger partial charge in [-0.3, -0.25) is 28.3 Å². The molecule has 13 aromatic rings. The molecule has 5 atom stereocenters. The van der Waals surface area contributed by atoms with Crippen molar-refractivity contribution >= 4 is 108 Å². The molecule has 144 heavy (non-hydrogen) atoms.